The number of aryl methyl sites for hydroxylation is 1. The molecule has 0 aliphatic carbocycles. The Morgan fingerprint density at radius 2 is 1.67 bits per heavy atom. The van der Waals surface area contributed by atoms with Crippen molar-refractivity contribution in [3.63, 3.8) is 0 Å². The van der Waals surface area contributed by atoms with E-state index in [1.807, 2.05) is 54.2 Å². The topological polar surface area (TPSA) is 83.4 Å². The highest BCUT2D eigenvalue weighted by Gasteiger charge is 2.27. The minimum atomic E-state index is -3.41. The summed E-state index contributed by atoms with van der Waals surface area (Å²) in [6.07, 6.45) is 7.51. The van der Waals surface area contributed by atoms with Crippen molar-refractivity contribution in [3.8, 4) is 22.4 Å². The van der Waals surface area contributed by atoms with Gasteiger partial charge in [-0.2, -0.15) is 9.40 Å². The van der Waals surface area contributed by atoms with Crippen LogP contribution in [0.15, 0.2) is 59.9 Å². The van der Waals surface area contributed by atoms with E-state index in [-0.39, 0.29) is 12.4 Å². The highest BCUT2D eigenvalue weighted by atomic mass is 35.5. The molecule has 156 valence electrons. The number of hydrogen-bond acceptors (Lipinski definition) is 4. The molecule has 0 atom stereocenters. The average Bonchev–Trinajstić information content (AvgIpc) is 3.48. The molecule has 1 saturated heterocycles. The van der Waals surface area contributed by atoms with Crippen LogP contribution in [0.2, 0.25) is 0 Å². The fraction of sp³-hybridized carbons (Fsp3) is 0.238. The van der Waals surface area contributed by atoms with E-state index in [1.54, 1.807) is 16.4 Å². The maximum absolute atomic E-state index is 12.8. The third-order valence-corrected chi connectivity index (χ3v) is 7.41. The van der Waals surface area contributed by atoms with Gasteiger partial charge in [0, 0.05) is 41.7 Å². The summed E-state index contributed by atoms with van der Waals surface area (Å²) in [5.74, 6) is 0. The third kappa shape index (κ3) is 3.40. The molecule has 4 aromatic rings. The van der Waals surface area contributed by atoms with Gasteiger partial charge in [-0.15, -0.1) is 12.4 Å². The summed E-state index contributed by atoms with van der Waals surface area (Å²) in [6.45, 7) is 3.20. The SMILES string of the molecule is Cc1[nH]ncc1-c1ccc2ncc(-c3ccc(S(=O)(=O)N4CCCC4)cc3)n2c1.Cl. The first-order valence-corrected chi connectivity index (χ1v) is 11.1. The van der Waals surface area contributed by atoms with E-state index in [4.69, 9.17) is 0 Å². The number of halogens is 1. The zero-order valence-corrected chi connectivity index (χ0v) is 18.1. The number of hydrogen-bond donors (Lipinski definition) is 1. The Labute approximate surface area is 181 Å². The molecule has 4 heterocycles. The van der Waals surface area contributed by atoms with E-state index in [9.17, 15) is 8.42 Å². The molecule has 1 aromatic carbocycles. The second-order valence-electron chi connectivity index (χ2n) is 7.33. The number of imidazole rings is 1. The Kier molecular flexibility index (Phi) is 5.40. The predicted octanol–water partition coefficient (Wildman–Crippen LogP) is 3.91. The summed E-state index contributed by atoms with van der Waals surface area (Å²) >= 11 is 0. The van der Waals surface area contributed by atoms with Gasteiger partial charge in [0.15, 0.2) is 0 Å². The molecule has 0 spiro atoms. The van der Waals surface area contributed by atoms with Crippen molar-refractivity contribution in [2.75, 3.05) is 13.1 Å². The second-order valence-corrected chi connectivity index (χ2v) is 9.27. The minimum absolute atomic E-state index is 0. The van der Waals surface area contributed by atoms with Crippen LogP contribution in [0.3, 0.4) is 0 Å². The van der Waals surface area contributed by atoms with Crippen LogP contribution in [0.5, 0.6) is 0 Å². The molecule has 0 unspecified atom stereocenters. The molecular formula is C21H22ClN5O2S. The lowest BCUT2D eigenvalue weighted by atomic mass is 10.1. The van der Waals surface area contributed by atoms with E-state index in [2.05, 4.69) is 15.2 Å². The van der Waals surface area contributed by atoms with E-state index >= 15 is 0 Å². The smallest absolute Gasteiger partial charge is 0.243 e. The Balaban J connectivity index is 0.00000218. The molecule has 5 rings (SSSR count). The molecule has 0 amide bonds. The molecule has 7 nitrogen and oxygen atoms in total. The van der Waals surface area contributed by atoms with Gasteiger partial charge in [0.25, 0.3) is 0 Å². The Hall–Kier alpha value is -2.68. The lowest BCUT2D eigenvalue weighted by Crippen LogP contribution is -2.27. The minimum Gasteiger partial charge on any atom is -0.299 e. The van der Waals surface area contributed by atoms with Crippen molar-refractivity contribution in [1.29, 1.82) is 0 Å². The maximum Gasteiger partial charge on any atom is 0.243 e. The van der Waals surface area contributed by atoms with E-state index in [0.29, 0.717) is 18.0 Å². The first-order chi connectivity index (χ1) is 14.0. The van der Waals surface area contributed by atoms with Gasteiger partial charge in [0.2, 0.25) is 10.0 Å². The Bertz CT molecular complexity index is 1290. The monoisotopic (exact) mass is 443 g/mol. The van der Waals surface area contributed by atoms with Gasteiger partial charge in [-0.25, -0.2) is 13.4 Å². The summed E-state index contributed by atoms with van der Waals surface area (Å²) in [5, 5.41) is 7.06. The van der Waals surface area contributed by atoms with Gasteiger partial charge in [-0.3, -0.25) is 9.50 Å². The normalized spacial score (nSPS) is 14.8. The highest BCUT2D eigenvalue weighted by Crippen LogP contribution is 2.28. The van der Waals surface area contributed by atoms with Crippen LogP contribution < -0.4 is 0 Å². The summed E-state index contributed by atoms with van der Waals surface area (Å²) in [4.78, 5) is 4.83. The van der Waals surface area contributed by atoms with Gasteiger partial charge < -0.3 is 0 Å². The van der Waals surface area contributed by atoms with Crippen molar-refractivity contribution in [1.82, 2.24) is 23.9 Å². The molecule has 1 aliphatic rings. The van der Waals surface area contributed by atoms with E-state index in [0.717, 1.165) is 46.6 Å². The fourth-order valence-corrected chi connectivity index (χ4v) is 5.39. The standard InChI is InChI=1S/C21H21N5O2S.ClH/c1-15-19(12-23-24-15)17-6-9-21-22-13-20(26(21)14-17)16-4-7-18(8-5-16)29(27,28)25-10-2-3-11-25;/h4-9,12-14H,2-3,10-11H2,1H3,(H,23,24);1H. The number of nitrogens with one attached hydrogen (secondary N) is 1. The molecule has 30 heavy (non-hydrogen) atoms. The van der Waals surface area contributed by atoms with Crippen molar-refractivity contribution < 1.29 is 8.42 Å². The zero-order chi connectivity index (χ0) is 20.0. The van der Waals surface area contributed by atoms with Crippen molar-refractivity contribution in [2.24, 2.45) is 0 Å². The highest BCUT2D eigenvalue weighted by molar-refractivity contribution is 7.89. The van der Waals surface area contributed by atoms with Gasteiger partial charge in [-0.1, -0.05) is 12.1 Å². The molecule has 1 fully saturated rings. The molecule has 1 N–H and O–H groups in total. The van der Waals surface area contributed by atoms with Crippen LogP contribution in [-0.4, -0.2) is 45.4 Å². The zero-order valence-electron chi connectivity index (χ0n) is 16.4. The molecule has 3 aromatic heterocycles. The number of fused-ring (bicyclic) bond motifs is 1. The largest absolute Gasteiger partial charge is 0.299 e. The van der Waals surface area contributed by atoms with Gasteiger partial charge in [0.05, 0.1) is 23.0 Å². The quantitative estimate of drug-likeness (QED) is 0.518. The predicted molar refractivity (Wildman–Crippen MR) is 118 cm³/mol. The Morgan fingerprint density at radius 3 is 2.33 bits per heavy atom. The van der Waals surface area contributed by atoms with Crippen molar-refractivity contribution >= 4 is 28.1 Å². The molecule has 0 bridgehead atoms. The van der Waals surface area contributed by atoms with Crippen LogP contribution in [0, 0.1) is 6.92 Å². The number of benzene rings is 1. The molecular weight excluding hydrogens is 422 g/mol. The van der Waals surface area contributed by atoms with Crippen LogP contribution in [-0.2, 0) is 10.0 Å². The number of aromatic amines is 1. The summed E-state index contributed by atoms with van der Waals surface area (Å²) in [6, 6.07) is 11.1. The average molecular weight is 444 g/mol. The van der Waals surface area contributed by atoms with Crippen LogP contribution in [0.25, 0.3) is 28.0 Å². The maximum atomic E-state index is 12.8. The number of rotatable bonds is 4. The Morgan fingerprint density at radius 1 is 0.967 bits per heavy atom. The van der Waals surface area contributed by atoms with Crippen LogP contribution >= 0.6 is 12.4 Å². The second kappa shape index (κ2) is 7.86. The lowest BCUT2D eigenvalue weighted by molar-refractivity contribution is 0.477. The number of nitrogens with zero attached hydrogens (tertiary/aromatic N) is 4. The number of aromatic nitrogens is 4. The first kappa shape index (κ1) is 20.6. The van der Waals surface area contributed by atoms with Crippen molar-refractivity contribution in [3.05, 3.63) is 60.7 Å². The number of pyridine rings is 1. The summed E-state index contributed by atoms with van der Waals surface area (Å²) in [5.41, 5.74) is 5.74. The third-order valence-electron chi connectivity index (χ3n) is 5.50. The van der Waals surface area contributed by atoms with Gasteiger partial charge >= 0.3 is 0 Å². The summed E-state index contributed by atoms with van der Waals surface area (Å²) in [7, 11) is -3.41. The molecule has 1 aliphatic heterocycles. The molecule has 0 saturated carbocycles. The first-order valence-electron chi connectivity index (χ1n) is 9.62. The molecule has 0 radical (unpaired) electrons. The van der Waals surface area contributed by atoms with Gasteiger partial charge in [-0.05, 0) is 44.0 Å². The van der Waals surface area contributed by atoms with Gasteiger partial charge in [0.1, 0.15) is 5.65 Å². The van der Waals surface area contributed by atoms with Crippen LogP contribution in [0.4, 0.5) is 0 Å². The molecule has 9 heteroatoms. The van der Waals surface area contributed by atoms with E-state index < -0.39 is 10.0 Å². The number of H-pyrrole nitrogens is 1. The summed E-state index contributed by atoms with van der Waals surface area (Å²) < 4.78 is 29.1. The number of sulfonamides is 1. The fourth-order valence-electron chi connectivity index (χ4n) is 3.87. The van der Waals surface area contributed by atoms with E-state index in [1.165, 1.54) is 0 Å². The van der Waals surface area contributed by atoms with Crippen LogP contribution in [0.1, 0.15) is 18.5 Å². The van der Waals surface area contributed by atoms with Crippen molar-refractivity contribution in [2.45, 2.75) is 24.7 Å². The lowest BCUT2D eigenvalue weighted by Gasteiger charge is -2.15.